The van der Waals surface area contributed by atoms with Crippen LogP contribution in [0.2, 0.25) is 0 Å². The van der Waals surface area contributed by atoms with Crippen molar-refractivity contribution in [2.24, 2.45) is 7.05 Å². The molecule has 2 heterocycles. The third-order valence-electron chi connectivity index (χ3n) is 2.33. The van der Waals surface area contributed by atoms with E-state index in [1.165, 1.54) is 27.8 Å². The lowest BCUT2D eigenvalue weighted by Gasteiger charge is -2.06. The quantitative estimate of drug-likeness (QED) is 0.791. The summed E-state index contributed by atoms with van der Waals surface area (Å²) < 4.78 is 2.75. The number of carbonyl (C=O) groups excluding carboxylic acids is 1. The van der Waals surface area contributed by atoms with Gasteiger partial charge in [0, 0.05) is 13.2 Å². The zero-order chi connectivity index (χ0) is 13.1. The molecule has 8 heteroatoms. The fourth-order valence-corrected chi connectivity index (χ4v) is 1.47. The van der Waals surface area contributed by atoms with E-state index in [4.69, 9.17) is 5.11 Å². The van der Waals surface area contributed by atoms with Gasteiger partial charge in [-0.1, -0.05) is 0 Å². The topological polar surface area (TPSA) is 102 Å². The van der Waals surface area contributed by atoms with Crippen LogP contribution >= 0.6 is 0 Å². The van der Waals surface area contributed by atoms with Gasteiger partial charge >= 0.3 is 5.97 Å². The van der Waals surface area contributed by atoms with Crippen molar-refractivity contribution in [3.8, 4) is 0 Å². The fraction of sp³-hybridized carbons (Fsp3) is 0.200. The van der Waals surface area contributed by atoms with Crippen LogP contribution in [0.1, 0.15) is 10.5 Å². The second-order valence-corrected chi connectivity index (χ2v) is 3.58. The Labute approximate surface area is 102 Å². The lowest BCUT2D eigenvalue weighted by Crippen LogP contribution is -2.22. The summed E-state index contributed by atoms with van der Waals surface area (Å²) in [4.78, 5) is 26.4. The van der Waals surface area contributed by atoms with Crippen LogP contribution in [0.5, 0.6) is 0 Å². The maximum absolute atomic E-state index is 11.7. The lowest BCUT2D eigenvalue weighted by molar-refractivity contribution is -0.116. The molecule has 0 radical (unpaired) electrons. The van der Waals surface area contributed by atoms with Gasteiger partial charge in [0.25, 0.3) is 0 Å². The first-order valence-electron chi connectivity index (χ1n) is 5.10. The molecular formula is C10H11N5O3. The van der Waals surface area contributed by atoms with E-state index in [2.05, 4.69) is 15.4 Å². The number of aryl methyl sites for hydroxylation is 1. The van der Waals surface area contributed by atoms with Crippen LogP contribution in [-0.2, 0) is 18.4 Å². The van der Waals surface area contributed by atoms with E-state index >= 15 is 0 Å². The van der Waals surface area contributed by atoms with Gasteiger partial charge in [-0.25, -0.2) is 9.48 Å². The molecule has 0 aliphatic rings. The molecule has 2 aromatic rings. The summed E-state index contributed by atoms with van der Waals surface area (Å²) in [6.45, 7) is -0.0957. The van der Waals surface area contributed by atoms with Crippen molar-refractivity contribution in [2.45, 2.75) is 6.54 Å². The zero-order valence-electron chi connectivity index (χ0n) is 9.57. The van der Waals surface area contributed by atoms with Crippen LogP contribution in [0.15, 0.2) is 24.7 Å². The molecule has 0 fully saturated rings. The third-order valence-corrected chi connectivity index (χ3v) is 2.33. The Morgan fingerprint density at radius 2 is 2.28 bits per heavy atom. The number of carbonyl (C=O) groups is 2. The predicted molar refractivity (Wildman–Crippen MR) is 61.0 cm³/mol. The summed E-state index contributed by atoms with van der Waals surface area (Å²) >= 11 is 0. The molecule has 2 N–H and O–H groups in total. The van der Waals surface area contributed by atoms with E-state index < -0.39 is 5.97 Å². The first-order chi connectivity index (χ1) is 8.58. The third kappa shape index (κ3) is 2.37. The normalized spacial score (nSPS) is 10.3. The molecule has 2 aromatic heterocycles. The Hall–Kier alpha value is -2.64. The Balaban J connectivity index is 2.06. The van der Waals surface area contributed by atoms with Crippen molar-refractivity contribution in [1.29, 1.82) is 0 Å². The van der Waals surface area contributed by atoms with E-state index in [0.29, 0.717) is 5.95 Å². The molecule has 0 aliphatic heterocycles. The van der Waals surface area contributed by atoms with Gasteiger partial charge in [0.1, 0.15) is 18.6 Å². The molecule has 0 saturated heterocycles. The average molecular weight is 249 g/mol. The van der Waals surface area contributed by atoms with Crippen molar-refractivity contribution in [1.82, 2.24) is 19.3 Å². The Kier molecular flexibility index (Phi) is 3.09. The molecular weight excluding hydrogens is 238 g/mol. The monoisotopic (exact) mass is 249 g/mol. The van der Waals surface area contributed by atoms with E-state index in [9.17, 15) is 9.59 Å². The number of carboxylic acids is 1. The van der Waals surface area contributed by atoms with Gasteiger partial charge in [0.15, 0.2) is 0 Å². The molecule has 0 atom stereocenters. The van der Waals surface area contributed by atoms with Crippen molar-refractivity contribution in [3.05, 3.63) is 30.4 Å². The van der Waals surface area contributed by atoms with Crippen LogP contribution < -0.4 is 5.32 Å². The molecule has 0 aromatic carbocycles. The van der Waals surface area contributed by atoms with Gasteiger partial charge < -0.3 is 9.67 Å². The SMILES string of the molecule is Cn1ncnc1NC(=O)Cn1cccc1C(=O)O. The Bertz CT molecular complexity index is 586. The summed E-state index contributed by atoms with van der Waals surface area (Å²) in [5, 5.41) is 15.2. The first-order valence-corrected chi connectivity index (χ1v) is 5.10. The lowest BCUT2D eigenvalue weighted by atomic mass is 10.4. The van der Waals surface area contributed by atoms with Crippen LogP contribution in [0, 0.1) is 0 Å². The minimum atomic E-state index is -1.08. The largest absolute Gasteiger partial charge is 0.477 e. The number of nitrogens with zero attached hydrogens (tertiary/aromatic N) is 4. The van der Waals surface area contributed by atoms with E-state index in [1.807, 2.05) is 0 Å². The number of hydrogen-bond donors (Lipinski definition) is 2. The molecule has 0 bridgehead atoms. The number of rotatable bonds is 4. The summed E-state index contributed by atoms with van der Waals surface area (Å²) in [5.41, 5.74) is 0.0584. The van der Waals surface area contributed by atoms with Crippen molar-refractivity contribution in [3.63, 3.8) is 0 Å². The smallest absolute Gasteiger partial charge is 0.352 e. The zero-order valence-corrected chi connectivity index (χ0v) is 9.57. The number of carboxylic acid groups (broad SMARTS) is 1. The number of anilines is 1. The number of hydrogen-bond acceptors (Lipinski definition) is 4. The van der Waals surface area contributed by atoms with Gasteiger partial charge in [-0.3, -0.25) is 10.1 Å². The number of aromatic carboxylic acids is 1. The second-order valence-electron chi connectivity index (χ2n) is 3.58. The summed E-state index contributed by atoms with van der Waals surface area (Å²) in [7, 11) is 1.64. The molecule has 2 rings (SSSR count). The highest BCUT2D eigenvalue weighted by Gasteiger charge is 2.12. The Morgan fingerprint density at radius 1 is 1.50 bits per heavy atom. The highest BCUT2D eigenvalue weighted by molar-refractivity contribution is 5.90. The van der Waals surface area contributed by atoms with E-state index in [0.717, 1.165) is 0 Å². The second kappa shape index (κ2) is 4.70. The van der Waals surface area contributed by atoms with Crippen LogP contribution in [0.3, 0.4) is 0 Å². The van der Waals surface area contributed by atoms with E-state index in [1.54, 1.807) is 13.1 Å². The maximum Gasteiger partial charge on any atom is 0.352 e. The predicted octanol–water partition coefficient (Wildman–Crippen LogP) is -0.0465. The van der Waals surface area contributed by atoms with Gasteiger partial charge in [0.2, 0.25) is 11.9 Å². The number of amides is 1. The summed E-state index contributed by atoms with van der Waals surface area (Å²) in [6.07, 6.45) is 2.84. The summed E-state index contributed by atoms with van der Waals surface area (Å²) in [6, 6.07) is 3.00. The van der Waals surface area contributed by atoms with Crippen LogP contribution in [0.25, 0.3) is 0 Å². The molecule has 94 valence electrons. The number of aromatic nitrogens is 4. The van der Waals surface area contributed by atoms with Crippen LogP contribution in [-0.4, -0.2) is 36.3 Å². The minimum absolute atomic E-state index is 0.0584. The van der Waals surface area contributed by atoms with Gasteiger partial charge in [-0.2, -0.15) is 10.1 Å². The highest BCUT2D eigenvalue weighted by atomic mass is 16.4. The molecule has 18 heavy (non-hydrogen) atoms. The van der Waals surface area contributed by atoms with Gasteiger partial charge in [0.05, 0.1) is 0 Å². The van der Waals surface area contributed by atoms with Crippen molar-refractivity contribution >= 4 is 17.8 Å². The molecule has 8 nitrogen and oxygen atoms in total. The van der Waals surface area contributed by atoms with Crippen molar-refractivity contribution < 1.29 is 14.7 Å². The standard InChI is InChI=1S/C10H11N5O3/c1-14-10(11-6-12-14)13-8(16)5-15-4-2-3-7(15)9(17)18/h2-4,6H,5H2,1H3,(H,17,18)(H,11,12,13,16). The van der Waals surface area contributed by atoms with Gasteiger partial charge in [-0.15, -0.1) is 0 Å². The van der Waals surface area contributed by atoms with Gasteiger partial charge in [-0.05, 0) is 12.1 Å². The maximum atomic E-state index is 11.7. The summed E-state index contributed by atoms with van der Waals surface area (Å²) in [5.74, 6) is -1.14. The molecule has 0 spiro atoms. The Morgan fingerprint density at radius 3 is 2.89 bits per heavy atom. The van der Waals surface area contributed by atoms with Crippen molar-refractivity contribution in [2.75, 3.05) is 5.32 Å². The molecule has 0 aliphatic carbocycles. The first kappa shape index (κ1) is 11.8. The molecule has 0 unspecified atom stereocenters. The average Bonchev–Trinajstić information content (AvgIpc) is 2.89. The van der Waals surface area contributed by atoms with Crippen LogP contribution in [0.4, 0.5) is 5.95 Å². The fourth-order valence-electron chi connectivity index (χ4n) is 1.47. The number of nitrogens with one attached hydrogen (secondary N) is 1. The van der Waals surface area contributed by atoms with E-state index in [-0.39, 0.29) is 18.1 Å². The highest BCUT2D eigenvalue weighted by Crippen LogP contribution is 2.04. The molecule has 1 amide bonds. The minimum Gasteiger partial charge on any atom is -0.477 e. The molecule has 0 saturated carbocycles.